The second kappa shape index (κ2) is 7.52. The number of nitrogens with two attached hydrogens (primary N) is 1. The first kappa shape index (κ1) is 13.3. The maximum Gasteiger partial charge on any atom is 0.137 e. The van der Waals surface area contributed by atoms with Crippen molar-refractivity contribution in [2.45, 2.75) is 25.8 Å². The smallest absolute Gasteiger partial charge is 0.137 e. The van der Waals surface area contributed by atoms with Gasteiger partial charge in [0.05, 0.1) is 12.8 Å². The van der Waals surface area contributed by atoms with E-state index in [1.54, 1.807) is 18.0 Å². The Hall–Kier alpha value is -0.740. The Morgan fingerprint density at radius 3 is 2.88 bits per heavy atom. The lowest BCUT2D eigenvalue weighted by atomic mass is 10.1. The summed E-state index contributed by atoms with van der Waals surface area (Å²) >= 11 is 1.77. The van der Waals surface area contributed by atoms with Crippen LogP contribution in [0.25, 0.3) is 0 Å². The van der Waals surface area contributed by atoms with Gasteiger partial charge in [-0.15, -0.1) is 0 Å². The van der Waals surface area contributed by atoms with E-state index in [1.807, 2.05) is 12.1 Å². The van der Waals surface area contributed by atoms with Crippen molar-refractivity contribution in [1.29, 1.82) is 0 Å². The predicted molar refractivity (Wildman–Crippen MR) is 70.1 cm³/mol. The van der Waals surface area contributed by atoms with E-state index < -0.39 is 0 Å². The molecule has 1 heterocycles. The van der Waals surface area contributed by atoms with Gasteiger partial charge in [0.2, 0.25) is 0 Å². The van der Waals surface area contributed by atoms with Crippen LogP contribution in [0.2, 0.25) is 0 Å². The molecule has 0 spiro atoms. The van der Waals surface area contributed by atoms with Crippen LogP contribution in [0.1, 0.15) is 19.0 Å². The molecule has 4 heteroatoms. The van der Waals surface area contributed by atoms with Crippen molar-refractivity contribution in [2.24, 2.45) is 5.73 Å². The lowest BCUT2D eigenvalue weighted by molar-refractivity contribution is 0.342. The molecule has 3 nitrogen and oxygen atoms in total. The molecule has 1 aromatic rings. The van der Waals surface area contributed by atoms with Gasteiger partial charge >= 0.3 is 0 Å². The molecule has 1 aromatic heterocycles. The highest BCUT2D eigenvalue weighted by Crippen LogP contribution is 2.11. The van der Waals surface area contributed by atoms with Crippen molar-refractivity contribution in [3.8, 4) is 5.75 Å². The summed E-state index contributed by atoms with van der Waals surface area (Å²) in [6, 6.07) is 4.16. The Bertz CT molecular complexity index is 290. The highest BCUT2D eigenvalue weighted by Gasteiger charge is 2.02. The average molecular weight is 240 g/mol. The van der Waals surface area contributed by atoms with Crippen LogP contribution in [0.15, 0.2) is 18.3 Å². The first-order chi connectivity index (χ1) is 7.76. The van der Waals surface area contributed by atoms with Gasteiger partial charge in [-0.1, -0.05) is 6.92 Å². The van der Waals surface area contributed by atoms with Gasteiger partial charge in [-0.05, 0) is 24.8 Å². The fraction of sp³-hybridized carbons (Fsp3) is 0.583. The van der Waals surface area contributed by atoms with Crippen molar-refractivity contribution >= 4 is 11.8 Å². The minimum atomic E-state index is 0.204. The minimum absolute atomic E-state index is 0.204. The summed E-state index contributed by atoms with van der Waals surface area (Å²) in [5, 5.41) is 0. The first-order valence-electron chi connectivity index (χ1n) is 5.58. The third kappa shape index (κ3) is 4.86. The van der Waals surface area contributed by atoms with Crippen LogP contribution in [0.3, 0.4) is 0 Å². The zero-order chi connectivity index (χ0) is 11.8. The molecule has 0 aromatic carbocycles. The third-order valence-corrected chi connectivity index (χ3v) is 2.92. The number of thioether (sulfide) groups is 1. The number of hydrogen-bond acceptors (Lipinski definition) is 4. The van der Waals surface area contributed by atoms with Gasteiger partial charge in [-0.3, -0.25) is 4.98 Å². The maximum absolute atomic E-state index is 5.87. The van der Waals surface area contributed by atoms with Crippen LogP contribution in [0.5, 0.6) is 5.75 Å². The van der Waals surface area contributed by atoms with E-state index >= 15 is 0 Å². The van der Waals surface area contributed by atoms with Crippen molar-refractivity contribution in [3.63, 3.8) is 0 Å². The molecule has 0 fully saturated rings. The van der Waals surface area contributed by atoms with E-state index in [-0.39, 0.29) is 6.04 Å². The summed E-state index contributed by atoms with van der Waals surface area (Å²) in [6.45, 7) is 2.82. The summed E-state index contributed by atoms with van der Waals surface area (Å²) in [7, 11) is 0. The van der Waals surface area contributed by atoms with E-state index in [9.17, 15) is 0 Å². The topological polar surface area (TPSA) is 48.1 Å². The van der Waals surface area contributed by atoms with Gasteiger partial charge in [0.25, 0.3) is 0 Å². The van der Waals surface area contributed by atoms with E-state index in [0.717, 1.165) is 36.6 Å². The quantitative estimate of drug-likeness (QED) is 0.742. The second-order valence-electron chi connectivity index (χ2n) is 3.70. The number of ether oxygens (including phenoxy) is 1. The number of pyridine rings is 1. The molecule has 0 aliphatic rings. The first-order valence-corrected chi connectivity index (χ1v) is 6.98. The zero-order valence-corrected chi connectivity index (χ0v) is 10.8. The number of aromatic nitrogens is 1. The number of nitrogens with zero attached hydrogens (tertiary/aromatic N) is 1. The number of hydrogen-bond donors (Lipinski definition) is 1. The van der Waals surface area contributed by atoms with Gasteiger partial charge in [-0.25, -0.2) is 0 Å². The van der Waals surface area contributed by atoms with E-state index in [2.05, 4.69) is 18.2 Å². The molecular weight excluding hydrogens is 220 g/mol. The molecular formula is C12H20N2OS. The molecule has 0 aliphatic heterocycles. The molecule has 1 atom stereocenters. The minimum Gasteiger partial charge on any atom is -0.491 e. The molecule has 1 rings (SSSR count). The van der Waals surface area contributed by atoms with Gasteiger partial charge in [0, 0.05) is 23.9 Å². The van der Waals surface area contributed by atoms with Crippen molar-refractivity contribution in [1.82, 2.24) is 4.98 Å². The Morgan fingerprint density at radius 2 is 2.31 bits per heavy atom. The Labute approximate surface area is 102 Å². The molecule has 0 bridgehead atoms. The highest BCUT2D eigenvalue weighted by molar-refractivity contribution is 7.98. The molecule has 1 unspecified atom stereocenters. The van der Waals surface area contributed by atoms with Crippen LogP contribution in [-0.2, 0) is 6.42 Å². The van der Waals surface area contributed by atoms with Crippen LogP contribution < -0.4 is 10.5 Å². The van der Waals surface area contributed by atoms with Crippen molar-refractivity contribution in [3.05, 3.63) is 24.0 Å². The maximum atomic E-state index is 5.87. The molecule has 90 valence electrons. The third-order valence-electron chi connectivity index (χ3n) is 2.35. The lowest BCUT2D eigenvalue weighted by Crippen LogP contribution is -2.21. The zero-order valence-electron chi connectivity index (χ0n) is 9.98. The molecule has 0 aliphatic carbocycles. The molecule has 0 radical (unpaired) electrons. The molecule has 0 saturated carbocycles. The standard InChI is InChI=1S/C12H20N2OS/c1-3-10(13)8-11-4-5-12(9-14-11)15-6-7-16-2/h4-5,9-10H,3,6-8,13H2,1-2H3. The fourth-order valence-electron chi connectivity index (χ4n) is 1.27. The van der Waals surface area contributed by atoms with E-state index in [0.29, 0.717) is 0 Å². The Kier molecular flexibility index (Phi) is 6.26. The average Bonchev–Trinajstić information content (AvgIpc) is 2.31. The summed E-state index contributed by atoms with van der Waals surface area (Å²) in [4.78, 5) is 4.33. The Balaban J connectivity index is 2.41. The second-order valence-corrected chi connectivity index (χ2v) is 4.68. The molecule has 2 N–H and O–H groups in total. The van der Waals surface area contributed by atoms with Crippen LogP contribution >= 0.6 is 11.8 Å². The molecule has 16 heavy (non-hydrogen) atoms. The lowest BCUT2D eigenvalue weighted by Gasteiger charge is -2.09. The number of rotatable bonds is 7. The monoisotopic (exact) mass is 240 g/mol. The van der Waals surface area contributed by atoms with Crippen LogP contribution in [-0.4, -0.2) is 29.6 Å². The van der Waals surface area contributed by atoms with Gasteiger partial charge in [0.1, 0.15) is 5.75 Å². The predicted octanol–water partition coefficient (Wildman–Crippen LogP) is 2.10. The van der Waals surface area contributed by atoms with E-state index in [1.165, 1.54) is 0 Å². The van der Waals surface area contributed by atoms with Crippen molar-refractivity contribution in [2.75, 3.05) is 18.6 Å². The highest BCUT2D eigenvalue weighted by atomic mass is 32.2. The van der Waals surface area contributed by atoms with Crippen LogP contribution in [0, 0.1) is 0 Å². The van der Waals surface area contributed by atoms with Crippen LogP contribution in [0.4, 0.5) is 0 Å². The summed E-state index contributed by atoms with van der Waals surface area (Å²) in [6.07, 6.45) is 5.66. The SMILES string of the molecule is CCC(N)Cc1ccc(OCCSC)cn1. The van der Waals surface area contributed by atoms with E-state index in [4.69, 9.17) is 10.5 Å². The fourth-order valence-corrected chi connectivity index (χ4v) is 1.52. The Morgan fingerprint density at radius 1 is 1.50 bits per heavy atom. The van der Waals surface area contributed by atoms with Gasteiger partial charge in [0.15, 0.2) is 0 Å². The molecule has 0 saturated heterocycles. The normalized spacial score (nSPS) is 12.4. The van der Waals surface area contributed by atoms with Gasteiger partial charge < -0.3 is 10.5 Å². The molecule has 0 amide bonds. The largest absolute Gasteiger partial charge is 0.491 e. The summed E-state index contributed by atoms with van der Waals surface area (Å²) in [5.74, 6) is 1.84. The van der Waals surface area contributed by atoms with Crippen molar-refractivity contribution < 1.29 is 4.74 Å². The summed E-state index contributed by atoms with van der Waals surface area (Å²) in [5.41, 5.74) is 6.90. The summed E-state index contributed by atoms with van der Waals surface area (Å²) < 4.78 is 5.52. The van der Waals surface area contributed by atoms with Gasteiger partial charge in [-0.2, -0.15) is 11.8 Å².